The van der Waals surface area contributed by atoms with Gasteiger partial charge in [0.25, 0.3) is 0 Å². The SMILES string of the molecule is [Ca+2].[O-2].[O-2].[Ta+5]. The summed E-state index contributed by atoms with van der Waals surface area (Å²) in [5, 5.41) is 0. The topological polar surface area (TPSA) is 57.0 Å². The van der Waals surface area contributed by atoms with Crippen LogP contribution in [0.25, 0.3) is 0 Å². The van der Waals surface area contributed by atoms with E-state index >= 15 is 0 Å². The van der Waals surface area contributed by atoms with Crippen LogP contribution in [-0.4, -0.2) is 37.7 Å². The van der Waals surface area contributed by atoms with E-state index in [9.17, 15) is 0 Å². The van der Waals surface area contributed by atoms with Gasteiger partial charge in [-0.2, -0.15) is 0 Å². The molecule has 4 heavy (non-hydrogen) atoms. The van der Waals surface area contributed by atoms with E-state index in [0.29, 0.717) is 0 Å². The Bertz CT molecular complexity index is 6.00. The maximum atomic E-state index is 0. The van der Waals surface area contributed by atoms with Crippen LogP contribution in [0, 0.1) is 0 Å². The maximum absolute atomic E-state index is 0. The molecule has 0 amide bonds. The van der Waals surface area contributed by atoms with Crippen molar-refractivity contribution in [3.05, 3.63) is 0 Å². The molecule has 0 bridgehead atoms. The molecule has 0 N–H and O–H groups in total. The predicted molar refractivity (Wildman–Crippen MR) is 7.13 cm³/mol. The molecule has 0 saturated heterocycles. The summed E-state index contributed by atoms with van der Waals surface area (Å²) in [7, 11) is 0. The van der Waals surface area contributed by atoms with Crippen LogP contribution >= 0.6 is 0 Å². The molecule has 0 radical (unpaired) electrons. The molecule has 0 aromatic carbocycles. The van der Waals surface area contributed by atoms with Gasteiger partial charge < -0.3 is 11.0 Å². The van der Waals surface area contributed by atoms with E-state index in [1.165, 1.54) is 0 Å². The summed E-state index contributed by atoms with van der Waals surface area (Å²) in [6.45, 7) is 0. The van der Waals surface area contributed by atoms with Gasteiger partial charge in [0.1, 0.15) is 0 Å². The average Bonchev–Trinajstić information content (AvgIpc) is 0. The second-order valence-electron chi connectivity index (χ2n) is 0. The van der Waals surface area contributed by atoms with Crippen LogP contribution in [0.1, 0.15) is 0 Å². The van der Waals surface area contributed by atoms with Gasteiger partial charge in [0.2, 0.25) is 0 Å². The monoisotopic (exact) mass is 253 g/mol. The fraction of sp³-hybridized carbons (Fsp3) is 0. The quantitative estimate of drug-likeness (QED) is 0.516. The smallest absolute Gasteiger partial charge is 2.00 e. The zero-order valence-corrected chi connectivity index (χ0v) is 7.39. The van der Waals surface area contributed by atoms with E-state index in [1.807, 2.05) is 0 Å². The molecule has 0 aliphatic rings. The number of rotatable bonds is 0. The minimum Gasteiger partial charge on any atom is -2.00 e. The summed E-state index contributed by atoms with van der Waals surface area (Å²) in [6, 6.07) is 0. The largest absolute Gasteiger partial charge is 5.00 e. The predicted octanol–water partition coefficient (Wildman–Crippen LogP) is -0.621. The summed E-state index contributed by atoms with van der Waals surface area (Å²) < 4.78 is 0. The molecule has 0 aromatic heterocycles. The van der Waals surface area contributed by atoms with Crippen molar-refractivity contribution in [2.45, 2.75) is 0 Å². The molecule has 0 aliphatic carbocycles. The number of hydrogen-bond acceptors (Lipinski definition) is 0. The van der Waals surface area contributed by atoms with Crippen molar-refractivity contribution in [3.63, 3.8) is 0 Å². The zero-order chi connectivity index (χ0) is 0. The van der Waals surface area contributed by atoms with Crippen molar-refractivity contribution in [2.24, 2.45) is 0 Å². The maximum Gasteiger partial charge on any atom is 5.00 e. The van der Waals surface area contributed by atoms with Crippen molar-refractivity contribution >= 4 is 37.7 Å². The van der Waals surface area contributed by atoms with Gasteiger partial charge in [0, 0.05) is 0 Å². The molecule has 0 atom stereocenters. The van der Waals surface area contributed by atoms with Crippen molar-refractivity contribution in [1.29, 1.82) is 0 Å². The Morgan fingerprint density at radius 2 is 0.750 bits per heavy atom. The van der Waals surface area contributed by atoms with E-state index < -0.39 is 0 Å². The third-order valence-corrected chi connectivity index (χ3v) is 0. The summed E-state index contributed by atoms with van der Waals surface area (Å²) in [6.07, 6.45) is 0. The molecular weight excluding hydrogens is 253 g/mol. The summed E-state index contributed by atoms with van der Waals surface area (Å²) in [5.41, 5.74) is 0. The van der Waals surface area contributed by atoms with Gasteiger partial charge in [-0.1, -0.05) is 0 Å². The number of hydrogen-bond donors (Lipinski definition) is 0. The molecule has 0 unspecified atom stereocenters. The van der Waals surface area contributed by atoms with Gasteiger partial charge in [-0.3, -0.25) is 0 Å². The zero-order valence-electron chi connectivity index (χ0n) is 1.97. The van der Waals surface area contributed by atoms with Gasteiger partial charge in [-0.15, -0.1) is 0 Å². The van der Waals surface area contributed by atoms with Gasteiger partial charge >= 0.3 is 60.1 Å². The fourth-order valence-corrected chi connectivity index (χ4v) is 0. The summed E-state index contributed by atoms with van der Waals surface area (Å²) in [4.78, 5) is 0. The summed E-state index contributed by atoms with van der Waals surface area (Å²) >= 11 is 0. The Balaban J connectivity index is 0. The Kier molecular flexibility index (Phi) is 199. The third kappa shape index (κ3) is 9.07. The van der Waals surface area contributed by atoms with E-state index in [-0.39, 0.29) is 71.1 Å². The Morgan fingerprint density at radius 3 is 0.750 bits per heavy atom. The molecule has 16 valence electrons. The molecule has 0 aliphatic heterocycles. The molecule has 0 aromatic rings. The molecule has 0 rings (SSSR count). The second-order valence-corrected chi connectivity index (χ2v) is 0. The van der Waals surface area contributed by atoms with E-state index in [4.69, 9.17) is 0 Å². The van der Waals surface area contributed by atoms with Gasteiger partial charge in [-0.25, -0.2) is 0 Å². The van der Waals surface area contributed by atoms with Crippen LogP contribution < -0.4 is 0 Å². The van der Waals surface area contributed by atoms with Crippen LogP contribution in [0.5, 0.6) is 0 Å². The summed E-state index contributed by atoms with van der Waals surface area (Å²) in [5.74, 6) is 0. The first-order chi connectivity index (χ1) is 0. The minimum absolute atomic E-state index is 0. The third-order valence-electron chi connectivity index (χ3n) is 0. The van der Waals surface area contributed by atoms with E-state index in [2.05, 4.69) is 0 Å². The van der Waals surface area contributed by atoms with E-state index in [0.717, 1.165) is 0 Å². The standard InChI is InChI=1S/Ca.2O.Ta/q+2;2*-2;+5. The molecular formula is CaO2Ta+3. The average molecular weight is 253 g/mol. The second kappa shape index (κ2) is 20.5. The molecule has 0 heterocycles. The molecule has 2 nitrogen and oxygen atoms in total. The first-order valence-electron chi connectivity index (χ1n) is 0. The Hall–Kier alpha value is 1.92. The molecule has 0 spiro atoms. The van der Waals surface area contributed by atoms with Crippen LogP contribution in [0.2, 0.25) is 0 Å². The van der Waals surface area contributed by atoms with Gasteiger partial charge in [-0.05, 0) is 0 Å². The van der Waals surface area contributed by atoms with Crippen molar-refractivity contribution in [2.75, 3.05) is 0 Å². The van der Waals surface area contributed by atoms with Crippen molar-refractivity contribution < 1.29 is 33.3 Å². The Morgan fingerprint density at radius 1 is 0.750 bits per heavy atom. The van der Waals surface area contributed by atoms with Crippen LogP contribution in [0.15, 0.2) is 0 Å². The molecule has 0 saturated carbocycles. The van der Waals surface area contributed by atoms with Crippen LogP contribution in [-0.2, 0) is 33.3 Å². The first-order valence-corrected chi connectivity index (χ1v) is 0. The molecule has 4 heteroatoms. The molecule has 0 fully saturated rings. The van der Waals surface area contributed by atoms with Gasteiger partial charge in [0.15, 0.2) is 0 Å². The fourth-order valence-electron chi connectivity index (χ4n) is 0. The van der Waals surface area contributed by atoms with Crippen LogP contribution in [0.4, 0.5) is 0 Å². The van der Waals surface area contributed by atoms with Crippen molar-refractivity contribution in [3.8, 4) is 0 Å². The van der Waals surface area contributed by atoms with Crippen LogP contribution in [0.3, 0.4) is 0 Å². The van der Waals surface area contributed by atoms with E-state index in [1.54, 1.807) is 0 Å². The minimum atomic E-state index is 0. The normalized spacial score (nSPS) is 0. The first kappa shape index (κ1) is 38.9. The van der Waals surface area contributed by atoms with Crippen molar-refractivity contribution in [1.82, 2.24) is 0 Å². The Labute approximate surface area is 70.1 Å². The van der Waals surface area contributed by atoms with Gasteiger partial charge in [0.05, 0.1) is 0 Å².